The van der Waals surface area contributed by atoms with E-state index in [2.05, 4.69) is 15.3 Å². The summed E-state index contributed by atoms with van der Waals surface area (Å²) in [4.78, 5) is 22.7. The van der Waals surface area contributed by atoms with Crippen molar-refractivity contribution in [2.24, 2.45) is 0 Å². The second kappa shape index (κ2) is 4.10. The Bertz CT molecular complexity index is 611. The van der Waals surface area contributed by atoms with Gasteiger partial charge in [0, 0.05) is 18.9 Å². The van der Waals surface area contributed by atoms with Crippen LogP contribution in [0.1, 0.15) is 17.3 Å². The van der Waals surface area contributed by atoms with Crippen molar-refractivity contribution in [2.75, 3.05) is 16.8 Å². The Balaban J connectivity index is 2.26. The zero-order valence-electron chi connectivity index (χ0n) is 9.92. The second-order valence-electron chi connectivity index (χ2n) is 3.95. The quantitative estimate of drug-likeness (QED) is 0.830. The lowest BCUT2D eigenvalue weighted by Crippen LogP contribution is -2.19. The summed E-state index contributed by atoms with van der Waals surface area (Å²) in [5.74, 6) is 1.23. The standard InChI is InChI=1S/C13H12N4O/c1-2-17-11-9(5-3-7-14-11)13(18)16-10-6-4-8-15-12(10)17/h3-8H,2H2,1H3,(H,16,18). The predicted molar refractivity (Wildman–Crippen MR) is 69.1 cm³/mol. The van der Waals surface area contributed by atoms with E-state index < -0.39 is 0 Å². The van der Waals surface area contributed by atoms with Gasteiger partial charge in [-0.2, -0.15) is 0 Å². The van der Waals surface area contributed by atoms with Gasteiger partial charge < -0.3 is 10.2 Å². The Morgan fingerprint density at radius 1 is 1.17 bits per heavy atom. The molecule has 0 saturated carbocycles. The van der Waals surface area contributed by atoms with Crippen molar-refractivity contribution in [1.82, 2.24) is 9.97 Å². The molecule has 1 N–H and O–H groups in total. The van der Waals surface area contributed by atoms with E-state index in [0.29, 0.717) is 23.6 Å². The maximum absolute atomic E-state index is 12.1. The number of carbonyl (C=O) groups excluding carboxylic acids is 1. The van der Waals surface area contributed by atoms with Crippen LogP contribution in [0.15, 0.2) is 36.7 Å². The number of nitrogens with one attached hydrogen (secondary N) is 1. The molecule has 1 aliphatic rings. The van der Waals surface area contributed by atoms with Crippen LogP contribution in [0, 0.1) is 0 Å². The molecule has 0 aliphatic carbocycles. The van der Waals surface area contributed by atoms with E-state index in [4.69, 9.17) is 0 Å². The minimum atomic E-state index is -0.150. The number of hydrogen-bond donors (Lipinski definition) is 1. The minimum Gasteiger partial charge on any atom is -0.319 e. The van der Waals surface area contributed by atoms with Crippen molar-refractivity contribution in [1.29, 1.82) is 0 Å². The van der Waals surface area contributed by atoms with Crippen molar-refractivity contribution >= 4 is 23.2 Å². The first kappa shape index (κ1) is 10.7. The van der Waals surface area contributed by atoms with Crippen molar-refractivity contribution < 1.29 is 4.79 Å². The molecule has 0 unspecified atom stereocenters. The molecule has 1 aliphatic heterocycles. The molecule has 0 radical (unpaired) electrons. The average Bonchev–Trinajstić information content (AvgIpc) is 2.53. The molecule has 5 heteroatoms. The molecule has 2 aromatic heterocycles. The Labute approximate surface area is 104 Å². The van der Waals surface area contributed by atoms with Gasteiger partial charge in [-0.3, -0.25) is 4.79 Å². The molecule has 2 aromatic rings. The Morgan fingerprint density at radius 3 is 2.67 bits per heavy atom. The Kier molecular flexibility index (Phi) is 2.44. The molecule has 90 valence electrons. The topological polar surface area (TPSA) is 58.1 Å². The molecule has 0 spiro atoms. The highest BCUT2D eigenvalue weighted by atomic mass is 16.1. The third-order valence-electron chi connectivity index (χ3n) is 2.89. The number of anilines is 3. The van der Waals surface area contributed by atoms with Crippen LogP contribution in [0.3, 0.4) is 0 Å². The molecule has 1 amide bonds. The van der Waals surface area contributed by atoms with Gasteiger partial charge in [0.1, 0.15) is 5.82 Å². The van der Waals surface area contributed by atoms with Gasteiger partial charge in [-0.15, -0.1) is 0 Å². The highest BCUT2D eigenvalue weighted by Gasteiger charge is 2.25. The molecule has 0 aromatic carbocycles. The van der Waals surface area contributed by atoms with E-state index in [-0.39, 0.29) is 5.91 Å². The van der Waals surface area contributed by atoms with Gasteiger partial charge in [0.05, 0.1) is 11.3 Å². The predicted octanol–water partition coefficient (Wildman–Crippen LogP) is 2.20. The summed E-state index contributed by atoms with van der Waals surface area (Å²) in [6.45, 7) is 2.70. The number of amides is 1. The van der Waals surface area contributed by atoms with Crippen LogP contribution in [0.4, 0.5) is 17.3 Å². The number of nitrogens with zero attached hydrogens (tertiary/aromatic N) is 3. The zero-order valence-corrected chi connectivity index (χ0v) is 9.92. The Hall–Kier alpha value is -2.43. The van der Waals surface area contributed by atoms with Gasteiger partial charge in [0.25, 0.3) is 5.91 Å². The van der Waals surface area contributed by atoms with Crippen LogP contribution in [0.25, 0.3) is 0 Å². The summed E-state index contributed by atoms with van der Waals surface area (Å²) in [6.07, 6.45) is 3.39. The molecule has 0 fully saturated rings. The lowest BCUT2D eigenvalue weighted by Gasteiger charge is -2.21. The van der Waals surface area contributed by atoms with E-state index in [9.17, 15) is 4.79 Å². The fourth-order valence-electron chi connectivity index (χ4n) is 2.09. The van der Waals surface area contributed by atoms with Gasteiger partial charge in [0.15, 0.2) is 5.82 Å². The van der Waals surface area contributed by atoms with E-state index in [1.807, 2.05) is 17.9 Å². The van der Waals surface area contributed by atoms with E-state index in [0.717, 1.165) is 5.82 Å². The summed E-state index contributed by atoms with van der Waals surface area (Å²) in [6, 6.07) is 7.17. The highest BCUT2D eigenvalue weighted by Crippen LogP contribution is 2.33. The van der Waals surface area contributed by atoms with Crippen LogP contribution in [0.5, 0.6) is 0 Å². The van der Waals surface area contributed by atoms with Gasteiger partial charge in [-0.1, -0.05) is 0 Å². The number of carbonyl (C=O) groups is 1. The van der Waals surface area contributed by atoms with Gasteiger partial charge in [-0.05, 0) is 31.2 Å². The third-order valence-corrected chi connectivity index (χ3v) is 2.89. The van der Waals surface area contributed by atoms with Crippen molar-refractivity contribution in [3.8, 4) is 0 Å². The summed E-state index contributed by atoms with van der Waals surface area (Å²) >= 11 is 0. The van der Waals surface area contributed by atoms with Crippen LogP contribution < -0.4 is 10.2 Å². The van der Waals surface area contributed by atoms with Crippen LogP contribution in [-0.4, -0.2) is 22.4 Å². The van der Waals surface area contributed by atoms with Gasteiger partial charge >= 0.3 is 0 Å². The maximum atomic E-state index is 12.1. The van der Waals surface area contributed by atoms with E-state index in [1.54, 1.807) is 30.6 Å². The van der Waals surface area contributed by atoms with Gasteiger partial charge in [0.2, 0.25) is 0 Å². The maximum Gasteiger partial charge on any atom is 0.259 e. The summed E-state index contributed by atoms with van der Waals surface area (Å²) in [5.41, 5.74) is 1.28. The molecular formula is C13H12N4O. The smallest absolute Gasteiger partial charge is 0.259 e. The first-order valence-corrected chi connectivity index (χ1v) is 5.80. The normalized spacial score (nSPS) is 13.4. The van der Waals surface area contributed by atoms with Crippen LogP contribution in [-0.2, 0) is 0 Å². The number of pyridine rings is 2. The lowest BCUT2D eigenvalue weighted by atomic mass is 10.2. The summed E-state index contributed by atoms with van der Waals surface area (Å²) in [5, 5.41) is 2.86. The first-order valence-electron chi connectivity index (χ1n) is 5.80. The van der Waals surface area contributed by atoms with E-state index in [1.165, 1.54) is 0 Å². The fraction of sp³-hybridized carbons (Fsp3) is 0.154. The molecule has 5 nitrogen and oxygen atoms in total. The van der Waals surface area contributed by atoms with Gasteiger partial charge in [-0.25, -0.2) is 9.97 Å². The molecule has 3 heterocycles. The monoisotopic (exact) mass is 240 g/mol. The molecule has 0 atom stereocenters. The molecule has 0 saturated heterocycles. The zero-order chi connectivity index (χ0) is 12.5. The molecular weight excluding hydrogens is 228 g/mol. The summed E-state index contributed by atoms with van der Waals surface area (Å²) < 4.78 is 0. The number of hydrogen-bond acceptors (Lipinski definition) is 4. The van der Waals surface area contributed by atoms with Crippen LogP contribution in [0.2, 0.25) is 0 Å². The van der Waals surface area contributed by atoms with Crippen molar-refractivity contribution in [2.45, 2.75) is 6.92 Å². The third kappa shape index (κ3) is 1.52. The second-order valence-corrected chi connectivity index (χ2v) is 3.95. The van der Waals surface area contributed by atoms with Crippen LogP contribution >= 0.6 is 0 Å². The number of fused-ring (bicyclic) bond motifs is 2. The minimum absolute atomic E-state index is 0.150. The van der Waals surface area contributed by atoms with Crippen molar-refractivity contribution in [3.05, 3.63) is 42.2 Å². The SMILES string of the molecule is CCN1c2ncccc2NC(=O)c2cccnc21. The largest absolute Gasteiger partial charge is 0.319 e. The molecule has 0 bridgehead atoms. The highest BCUT2D eigenvalue weighted by molar-refractivity contribution is 6.11. The molecule has 18 heavy (non-hydrogen) atoms. The number of aromatic nitrogens is 2. The fourth-order valence-corrected chi connectivity index (χ4v) is 2.09. The lowest BCUT2D eigenvalue weighted by molar-refractivity contribution is 0.102. The summed E-state index contributed by atoms with van der Waals surface area (Å²) in [7, 11) is 0. The average molecular weight is 240 g/mol. The molecule has 3 rings (SSSR count). The van der Waals surface area contributed by atoms with E-state index >= 15 is 0 Å². The Morgan fingerprint density at radius 2 is 1.89 bits per heavy atom. The number of rotatable bonds is 1. The van der Waals surface area contributed by atoms with Crippen molar-refractivity contribution in [3.63, 3.8) is 0 Å². The first-order chi connectivity index (χ1) is 8.81.